The molecular formula is C24H21N3O5S. The Bertz CT molecular complexity index is 1460. The molecule has 2 heterocycles. The van der Waals surface area contributed by atoms with Crippen LogP contribution in [0.15, 0.2) is 69.6 Å². The molecule has 8 nitrogen and oxygen atoms in total. The fourth-order valence-electron chi connectivity index (χ4n) is 3.74. The van der Waals surface area contributed by atoms with Crippen LogP contribution in [0.1, 0.15) is 36.6 Å². The summed E-state index contributed by atoms with van der Waals surface area (Å²) in [5.41, 5.74) is 2.76. The lowest BCUT2D eigenvalue weighted by atomic mass is 9.95. The van der Waals surface area contributed by atoms with Gasteiger partial charge in [0.2, 0.25) is 0 Å². The summed E-state index contributed by atoms with van der Waals surface area (Å²) in [4.78, 5) is 42.0. The van der Waals surface area contributed by atoms with Gasteiger partial charge in [0.15, 0.2) is 4.80 Å². The molecule has 168 valence electrons. The van der Waals surface area contributed by atoms with Crippen LogP contribution in [-0.4, -0.2) is 22.1 Å². The number of esters is 1. The summed E-state index contributed by atoms with van der Waals surface area (Å²) in [6.07, 6.45) is 1.60. The van der Waals surface area contributed by atoms with Gasteiger partial charge in [0.1, 0.15) is 0 Å². The Labute approximate surface area is 192 Å². The summed E-state index contributed by atoms with van der Waals surface area (Å²) < 4.78 is 7.14. The van der Waals surface area contributed by atoms with Gasteiger partial charge >= 0.3 is 5.97 Å². The smallest absolute Gasteiger partial charge is 0.338 e. The highest BCUT2D eigenvalue weighted by Gasteiger charge is 2.33. The van der Waals surface area contributed by atoms with Gasteiger partial charge in [0, 0.05) is 12.1 Å². The SMILES string of the molecule is CCOC(=O)C1=C(C)N=c2s/c(=C\c3cccc([N+](=O)[O-])c3)c(=O)n2C1c1ccc(C)cc1. The molecule has 0 saturated heterocycles. The van der Waals surface area contributed by atoms with Gasteiger partial charge in [-0.2, -0.15) is 0 Å². The molecule has 0 fully saturated rings. The summed E-state index contributed by atoms with van der Waals surface area (Å²) in [6.45, 7) is 5.61. The molecule has 9 heteroatoms. The predicted molar refractivity (Wildman–Crippen MR) is 125 cm³/mol. The summed E-state index contributed by atoms with van der Waals surface area (Å²) in [6, 6.07) is 13.0. The number of aromatic nitrogens is 1. The summed E-state index contributed by atoms with van der Waals surface area (Å²) in [7, 11) is 0. The number of allylic oxidation sites excluding steroid dienone is 1. The van der Waals surface area contributed by atoms with Crippen molar-refractivity contribution in [2.45, 2.75) is 26.8 Å². The second-order valence-electron chi connectivity index (χ2n) is 7.57. The maximum absolute atomic E-state index is 13.5. The third-order valence-electron chi connectivity index (χ3n) is 5.29. The number of nitrogens with zero attached hydrogens (tertiary/aromatic N) is 3. The van der Waals surface area contributed by atoms with Gasteiger partial charge in [0.25, 0.3) is 11.2 Å². The first-order chi connectivity index (χ1) is 15.8. The minimum absolute atomic E-state index is 0.0606. The maximum Gasteiger partial charge on any atom is 0.338 e. The first-order valence-electron chi connectivity index (χ1n) is 10.3. The standard InChI is InChI=1S/C24H21N3O5S/c1-4-32-23(29)20-15(3)25-24-26(21(20)17-10-8-14(2)9-11-17)22(28)19(33-24)13-16-6-5-7-18(12-16)27(30)31/h5-13,21H,4H2,1-3H3/b19-13-. The van der Waals surface area contributed by atoms with Crippen molar-refractivity contribution in [2.24, 2.45) is 4.99 Å². The van der Waals surface area contributed by atoms with Gasteiger partial charge in [-0.3, -0.25) is 19.5 Å². The molecule has 0 saturated carbocycles. The van der Waals surface area contributed by atoms with Crippen molar-refractivity contribution in [1.29, 1.82) is 0 Å². The van der Waals surface area contributed by atoms with Gasteiger partial charge in [0.05, 0.1) is 33.4 Å². The van der Waals surface area contributed by atoms with E-state index in [9.17, 15) is 19.7 Å². The molecule has 0 spiro atoms. The molecule has 1 aliphatic rings. The zero-order valence-electron chi connectivity index (χ0n) is 18.3. The van der Waals surface area contributed by atoms with E-state index < -0.39 is 16.9 Å². The minimum Gasteiger partial charge on any atom is -0.463 e. The van der Waals surface area contributed by atoms with E-state index >= 15 is 0 Å². The normalized spacial score (nSPS) is 15.7. The number of carbonyl (C=O) groups excluding carboxylic acids is 1. The van der Waals surface area contributed by atoms with E-state index in [0.717, 1.165) is 11.1 Å². The molecular weight excluding hydrogens is 442 g/mol. The van der Waals surface area contributed by atoms with E-state index in [0.29, 0.717) is 26.2 Å². The fourth-order valence-corrected chi connectivity index (χ4v) is 4.78. The number of rotatable bonds is 5. The molecule has 2 aromatic carbocycles. The minimum atomic E-state index is -0.687. The molecule has 0 N–H and O–H groups in total. The molecule has 4 rings (SSSR count). The van der Waals surface area contributed by atoms with Gasteiger partial charge < -0.3 is 4.74 Å². The van der Waals surface area contributed by atoms with Crippen LogP contribution in [0.5, 0.6) is 0 Å². The Kier molecular flexibility index (Phi) is 6.06. The van der Waals surface area contributed by atoms with Crippen molar-refractivity contribution >= 4 is 29.1 Å². The van der Waals surface area contributed by atoms with Gasteiger partial charge in [-0.15, -0.1) is 0 Å². The Morgan fingerprint density at radius 3 is 2.64 bits per heavy atom. The average molecular weight is 464 g/mol. The first kappa shape index (κ1) is 22.3. The highest BCUT2D eigenvalue weighted by molar-refractivity contribution is 7.07. The lowest BCUT2D eigenvalue weighted by Gasteiger charge is -2.24. The number of nitro groups is 1. The van der Waals surface area contributed by atoms with Crippen LogP contribution in [0.4, 0.5) is 5.69 Å². The molecule has 0 aliphatic carbocycles. The molecule has 0 amide bonds. The molecule has 1 aliphatic heterocycles. The largest absolute Gasteiger partial charge is 0.463 e. The number of ether oxygens (including phenoxy) is 1. The Balaban J connectivity index is 1.94. The number of thiazole rings is 1. The number of benzene rings is 2. The zero-order chi connectivity index (χ0) is 23.7. The van der Waals surface area contributed by atoms with Crippen molar-refractivity contribution in [3.05, 3.63) is 106 Å². The van der Waals surface area contributed by atoms with Crippen LogP contribution in [0.25, 0.3) is 6.08 Å². The number of carbonyl (C=O) groups is 1. The number of fused-ring (bicyclic) bond motifs is 1. The second kappa shape index (κ2) is 8.95. The maximum atomic E-state index is 13.5. The van der Waals surface area contributed by atoms with E-state index in [1.165, 1.54) is 28.0 Å². The van der Waals surface area contributed by atoms with E-state index in [1.54, 1.807) is 32.1 Å². The average Bonchev–Trinajstić information content (AvgIpc) is 3.08. The molecule has 1 aromatic heterocycles. The summed E-state index contributed by atoms with van der Waals surface area (Å²) >= 11 is 1.18. The Morgan fingerprint density at radius 2 is 1.97 bits per heavy atom. The monoisotopic (exact) mass is 463 g/mol. The van der Waals surface area contributed by atoms with Gasteiger partial charge in [-0.1, -0.05) is 53.3 Å². The van der Waals surface area contributed by atoms with Crippen molar-refractivity contribution in [2.75, 3.05) is 6.61 Å². The van der Waals surface area contributed by atoms with E-state index in [2.05, 4.69) is 4.99 Å². The number of non-ortho nitro benzene ring substituents is 1. The highest BCUT2D eigenvalue weighted by Crippen LogP contribution is 2.30. The van der Waals surface area contributed by atoms with E-state index in [1.807, 2.05) is 31.2 Å². The van der Waals surface area contributed by atoms with Crippen molar-refractivity contribution < 1.29 is 14.5 Å². The fraction of sp³-hybridized carbons (Fsp3) is 0.208. The van der Waals surface area contributed by atoms with E-state index in [4.69, 9.17) is 4.74 Å². The topological polar surface area (TPSA) is 104 Å². The number of hydrogen-bond acceptors (Lipinski definition) is 7. The Morgan fingerprint density at radius 1 is 1.24 bits per heavy atom. The van der Waals surface area contributed by atoms with E-state index in [-0.39, 0.29) is 17.9 Å². The van der Waals surface area contributed by atoms with Crippen LogP contribution in [0.3, 0.4) is 0 Å². The number of hydrogen-bond donors (Lipinski definition) is 0. The predicted octanol–water partition coefficient (Wildman–Crippen LogP) is 3.01. The molecule has 0 radical (unpaired) electrons. The van der Waals surface area contributed by atoms with Gasteiger partial charge in [-0.25, -0.2) is 9.79 Å². The van der Waals surface area contributed by atoms with Crippen molar-refractivity contribution in [3.63, 3.8) is 0 Å². The quantitative estimate of drug-likeness (QED) is 0.329. The number of aryl methyl sites for hydroxylation is 1. The molecule has 1 unspecified atom stereocenters. The van der Waals surface area contributed by atoms with Crippen LogP contribution in [0.2, 0.25) is 0 Å². The Hall–Kier alpha value is -3.85. The van der Waals surface area contributed by atoms with Crippen LogP contribution in [0, 0.1) is 17.0 Å². The first-order valence-corrected chi connectivity index (χ1v) is 11.1. The number of nitro benzene ring substituents is 1. The van der Waals surface area contributed by atoms with Crippen molar-refractivity contribution in [3.8, 4) is 0 Å². The van der Waals surface area contributed by atoms with Gasteiger partial charge in [-0.05, 0) is 38.0 Å². The van der Waals surface area contributed by atoms with Crippen molar-refractivity contribution in [1.82, 2.24) is 4.57 Å². The summed E-state index contributed by atoms with van der Waals surface area (Å²) in [5.74, 6) is -0.516. The third-order valence-corrected chi connectivity index (χ3v) is 6.27. The summed E-state index contributed by atoms with van der Waals surface area (Å²) in [5, 5.41) is 11.1. The highest BCUT2D eigenvalue weighted by atomic mass is 32.1. The van der Waals surface area contributed by atoms with Crippen LogP contribution < -0.4 is 14.9 Å². The molecule has 33 heavy (non-hydrogen) atoms. The zero-order valence-corrected chi connectivity index (χ0v) is 19.1. The lowest BCUT2D eigenvalue weighted by molar-refractivity contribution is -0.384. The molecule has 1 atom stereocenters. The third kappa shape index (κ3) is 4.27. The lowest BCUT2D eigenvalue weighted by Crippen LogP contribution is -2.39. The molecule has 0 bridgehead atoms. The van der Waals surface area contributed by atoms with Crippen LogP contribution in [-0.2, 0) is 9.53 Å². The molecule has 3 aromatic rings. The van der Waals surface area contributed by atoms with Crippen LogP contribution >= 0.6 is 11.3 Å². The second-order valence-corrected chi connectivity index (χ2v) is 8.57.